The number of fused-ring (bicyclic) bond motifs is 1. The molecular weight excluding hydrogens is 228 g/mol. The third-order valence-electron chi connectivity index (χ3n) is 7.26. The topological polar surface area (TPSA) is 0 Å². The third-order valence-corrected chi connectivity index (χ3v) is 7.26. The molecule has 0 heterocycles. The van der Waals surface area contributed by atoms with Gasteiger partial charge in [0.25, 0.3) is 0 Å². The Morgan fingerprint density at radius 3 is 2.11 bits per heavy atom. The van der Waals surface area contributed by atoms with Gasteiger partial charge in [0.1, 0.15) is 0 Å². The molecule has 1 aromatic rings. The van der Waals surface area contributed by atoms with Gasteiger partial charge in [-0.15, -0.1) is 0 Å². The summed E-state index contributed by atoms with van der Waals surface area (Å²) in [5.74, 6) is 4.39. The molecule has 0 radical (unpaired) electrons. The number of aryl methyl sites for hydroxylation is 1. The van der Waals surface area contributed by atoms with Gasteiger partial charge in [-0.1, -0.05) is 24.3 Å². The molecule has 0 unspecified atom stereocenters. The van der Waals surface area contributed by atoms with Crippen LogP contribution in [0.4, 0.5) is 0 Å². The summed E-state index contributed by atoms with van der Waals surface area (Å²) in [6, 6.07) is 9.28. The number of hydrogen-bond donors (Lipinski definition) is 0. The molecule has 4 fully saturated rings. The highest BCUT2D eigenvalue weighted by molar-refractivity contribution is 5.32. The number of rotatable bonds is 0. The van der Waals surface area contributed by atoms with Crippen LogP contribution >= 0.6 is 0 Å². The Labute approximate surface area is 116 Å². The molecule has 1 aromatic carbocycles. The monoisotopic (exact) mass is 252 g/mol. The minimum absolute atomic E-state index is 0.724. The first-order valence-corrected chi connectivity index (χ1v) is 8.40. The molecule has 19 heavy (non-hydrogen) atoms. The minimum Gasteiger partial charge on any atom is -0.0620 e. The predicted octanol–water partition coefficient (Wildman–Crippen LogP) is 4.62. The maximum absolute atomic E-state index is 2.42. The first-order valence-electron chi connectivity index (χ1n) is 8.40. The van der Waals surface area contributed by atoms with Crippen molar-refractivity contribution in [3.63, 3.8) is 0 Å². The Balaban J connectivity index is 1.56. The van der Waals surface area contributed by atoms with E-state index in [4.69, 9.17) is 0 Å². The predicted molar refractivity (Wildman–Crippen MR) is 77.9 cm³/mol. The van der Waals surface area contributed by atoms with Crippen LogP contribution in [0.15, 0.2) is 24.3 Å². The van der Waals surface area contributed by atoms with Crippen molar-refractivity contribution >= 4 is 0 Å². The molecule has 0 N–H and O–H groups in total. The second-order valence-corrected chi connectivity index (χ2v) is 7.98. The number of benzene rings is 1. The van der Waals surface area contributed by atoms with Gasteiger partial charge in [-0.25, -0.2) is 0 Å². The Bertz CT molecular complexity index is 485. The number of hydrogen-bond acceptors (Lipinski definition) is 0. The zero-order chi connectivity index (χ0) is 12.4. The van der Waals surface area contributed by atoms with Gasteiger partial charge in [0.05, 0.1) is 0 Å². The fraction of sp³-hybridized carbons (Fsp3) is 0.684. The Morgan fingerprint density at radius 2 is 1.42 bits per heavy atom. The summed E-state index contributed by atoms with van der Waals surface area (Å²) >= 11 is 0. The molecule has 100 valence electrons. The second-order valence-electron chi connectivity index (χ2n) is 7.98. The fourth-order valence-corrected chi connectivity index (χ4v) is 6.60. The quantitative estimate of drug-likeness (QED) is 0.632. The zero-order valence-electron chi connectivity index (χ0n) is 11.8. The lowest BCUT2D eigenvalue weighted by molar-refractivity contribution is -0.115. The Morgan fingerprint density at radius 1 is 0.789 bits per heavy atom. The molecule has 5 aliphatic rings. The molecule has 0 heteroatoms. The maximum Gasteiger partial charge on any atom is -0.0197 e. The van der Waals surface area contributed by atoms with Crippen LogP contribution in [0.3, 0.4) is 0 Å². The molecule has 0 aliphatic heterocycles. The molecule has 0 saturated heterocycles. The molecule has 5 aliphatic carbocycles. The van der Waals surface area contributed by atoms with E-state index in [0.717, 1.165) is 29.1 Å². The highest BCUT2D eigenvalue weighted by Crippen LogP contribution is 2.65. The molecule has 4 bridgehead atoms. The average molecular weight is 252 g/mol. The first kappa shape index (κ1) is 10.9. The van der Waals surface area contributed by atoms with E-state index in [-0.39, 0.29) is 0 Å². The van der Waals surface area contributed by atoms with Crippen LogP contribution in [-0.4, -0.2) is 0 Å². The molecular formula is C19H24. The zero-order valence-corrected chi connectivity index (χ0v) is 11.8. The van der Waals surface area contributed by atoms with Crippen LogP contribution in [-0.2, 0) is 12.8 Å². The smallest absolute Gasteiger partial charge is 0.0197 e. The normalized spacial score (nSPS) is 46.5. The summed E-state index contributed by atoms with van der Waals surface area (Å²) in [6.45, 7) is 0. The minimum atomic E-state index is 0.724. The van der Waals surface area contributed by atoms with E-state index in [1.807, 2.05) is 0 Å². The Kier molecular flexibility index (Phi) is 2.10. The van der Waals surface area contributed by atoms with Crippen LogP contribution < -0.4 is 0 Å². The van der Waals surface area contributed by atoms with E-state index in [1.54, 1.807) is 43.2 Å². The highest BCUT2D eigenvalue weighted by Gasteiger charge is 2.57. The summed E-state index contributed by atoms with van der Waals surface area (Å²) in [5.41, 5.74) is 4.07. The van der Waals surface area contributed by atoms with Gasteiger partial charge in [-0.3, -0.25) is 0 Å². The van der Waals surface area contributed by atoms with E-state index in [1.165, 1.54) is 19.3 Å². The lowest BCUT2D eigenvalue weighted by Gasteiger charge is -2.63. The maximum atomic E-state index is 2.42. The van der Waals surface area contributed by atoms with Gasteiger partial charge in [-0.05, 0) is 91.6 Å². The van der Waals surface area contributed by atoms with Crippen molar-refractivity contribution in [1.82, 2.24) is 0 Å². The van der Waals surface area contributed by atoms with Crippen molar-refractivity contribution in [2.75, 3.05) is 0 Å². The SMILES string of the molecule is c1ccc2c(c1)CCC1(C2)C2CC3CC(C2)CC1C3. The van der Waals surface area contributed by atoms with E-state index in [9.17, 15) is 0 Å². The third kappa shape index (κ3) is 1.41. The van der Waals surface area contributed by atoms with Gasteiger partial charge >= 0.3 is 0 Å². The molecule has 4 saturated carbocycles. The Hall–Kier alpha value is -0.780. The van der Waals surface area contributed by atoms with Crippen LogP contribution in [0.5, 0.6) is 0 Å². The van der Waals surface area contributed by atoms with Crippen molar-refractivity contribution in [3.05, 3.63) is 35.4 Å². The van der Waals surface area contributed by atoms with Crippen LogP contribution in [0.1, 0.15) is 49.7 Å². The van der Waals surface area contributed by atoms with Gasteiger partial charge in [0.2, 0.25) is 0 Å². The van der Waals surface area contributed by atoms with E-state index in [2.05, 4.69) is 24.3 Å². The molecule has 6 rings (SSSR count). The van der Waals surface area contributed by atoms with Crippen LogP contribution in [0, 0.1) is 29.1 Å². The molecule has 0 atom stereocenters. The lowest BCUT2D eigenvalue weighted by atomic mass is 9.42. The fourth-order valence-electron chi connectivity index (χ4n) is 6.60. The molecule has 1 spiro atoms. The lowest BCUT2D eigenvalue weighted by Crippen LogP contribution is -2.55. The van der Waals surface area contributed by atoms with E-state index < -0.39 is 0 Å². The highest BCUT2D eigenvalue weighted by atomic mass is 14.6. The van der Waals surface area contributed by atoms with Crippen LogP contribution in [0.2, 0.25) is 0 Å². The summed E-state index contributed by atoms with van der Waals surface area (Å²) in [4.78, 5) is 0. The standard InChI is InChI=1S/C19H24/c1-2-4-16-12-19(6-5-15(16)3-1)17-8-13-7-14(10-17)11-18(19)9-13/h1-4,13-14,17-18H,5-12H2. The van der Waals surface area contributed by atoms with Crippen molar-refractivity contribution in [2.24, 2.45) is 29.1 Å². The van der Waals surface area contributed by atoms with Gasteiger partial charge in [-0.2, -0.15) is 0 Å². The molecule has 0 aromatic heterocycles. The summed E-state index contributed by atoms with van der Waals surface area (Å²) in [6.07, 6.45) is 12.2. The van der Waals surface area contributed by atoms with Gasteiger partial charge < -0.3 is 0 Å². The second kappa shape index (κ2) is 3.65. The van der Waals surface area contributed by atoms with Gasteiger partial charge in [0.15, 0.2) is 0 Å². The molecule has 0 nitrogen and oxygen atoms in total. The summed E-state index contributed by atoms with van der Waals surface area (Å²) < 4.78 is 0. The molecule has 0 amide bonds. The van der Waals surface area contributed by atoms with Crippen LogP contribution in [0.25, 0.3) is 0 Å². The van der Waals surface area contributed by atoms with Gasteiger partial charge in [0, 0.05) is 0 Å². The summed E-state index contributed by atoms with van der Waals surface area (Å²) in [5, 5.41) is 0. The summed E-state index contributed by atoms with van der Waals surface area (Å²) in [7, 11) is 0. The van der Waals surface area contributed by atoms with Crippen molar-refractivity contribution < 1.29 is 0 Å². The average Bonchev–Trinajstić information content (AvgIpc) is 2.44. The first-order chi connectivity index (χ1) is 9.33. The van der Waals surface area contributed by atoms with E-state index in [0.29, 0.717) is 0 Å². The van der Waals surface area contributed by atoms with E-state index >= 15 is 0 Å². The largest absolute Gasteiger partial charge is 0.0620 e. The van der Waals surface area contributed by atoms with Crippen molar-refractivity contribution in [3.8, 4) is 0 Å². The van der Waals surface area contributed by atoms with Crippen molar-refractivity contribution in [2.45, 2.75) is 51.4 Å². The van der Waals surface area contributed by atoms with Crippen molar-refractivity contribution in [1.29, 1.82) is 0 Å².